The van der Waals surface area contributed by atoms with E-state index in [4.69, 9.17) is 21.3 Å². The first-order chi connectivity index (χ1) is 16.7. The van der Waals surface area contributed by atoms with Crippen molar-refractivity contribution < 1.29 is 9.53 Å². The summed E-state index contributed by atoms with van der Waals surface area (Å²) in [7, 11) is 0. The van der Waals surface area contributed by atoms with Crippen LogP contribution in [0.5, 0.6) is 0 Å². The number of amides is 1. The Hall–Kier alpha value is -2.61. The number of carbonyl (C=O) groups excluding carboxylic acids is 1. The van der Waals surface area contributed by atoms with E-state index in [1.165, 1.54) is 0 Å². The first-order valence-electron chi connectivity index (χ1n) is 12.2. The molecular formula is C26H32ClN5O2. The van der Waals surface area contributed by atoms with Crippen molar-refractivity contribution in [3.63, 3.8) is 0 Å². The molecule has 0 radical (unpaired) electrons. The van der Waals surface area contributed by atoms with Crippen LogP contribution in [0.4, 0.5) is 5.69 Å². The number of aromatic nitrogens is 2. The number of fused-ring (bicyclic) bond motifs is 1. The molecule has 1 amide bonds. The third-order valence-electron chi connectivity index (χ3n) is 6.81. The van der Waals surface area contributed by atoms with Crippen molar-refractivity contribution in [3.05, 3.63) is 47.5 Å². The SMILES string of the molecule is O=C(NCCCN1CCOCC1)[C@@H]1CCCN(c2ccc(Cl)c(-c3nc4ccccc4[nH]3)c2)C1. The fraction of sp³-hybridized carbons (Fsp3) is 0.462. The van der Waals surface area contributed by atoms with Crippen LogP contribution in [-0.4, -0.2) is 73.3 Å². The van der Waals surface area contributed by atoms with Gasteiger partial charge in [-0.15, -0.1) is 0 Å². The van der Waals surface area contributed by atoms with Gasteiger partial charge in [-0.1, -0.05) is 23.7 Å². The molecule has 0 bridgehead atoms. The minimum Gasteiger partial charge on any atom is -0.379 e. The fourth-order valence-electron chi connectivity index (χ4n) is 4.88. The number of ether oxygens (including phenoxy) is 1. The predicted molar refractivity (Wildman–Crippen MR) is 136 cm³/mol. The number of rotatable bonds is 7. The van der Waals surface area contributed by atoms with Gasteiger partial charge in [-0.05, 0) is 56.1 Å². The average Bonchev–Trinajstić information content (AvgIpc) is 3.31. The monoisotopic (exact) mass is 481 g/mol. The molecule has 0 unspecified atom stereocenters. The van der Waals surface area contributed by atoms with Gasteiger partial charge < -0.3 is 19.9 Å². The van der Waals surface area contributed by atoms with Crippen molar-refractivity contribution >= 4 is 34.2 Å². The van der Waals surface area contributed by atoms with Gasteiger partial charge in [0.15, 0.2) is 0 Å². The van der Waals surface area contributed by atoms with Crippen LogP contribution in [0.1, 0.15) is 19.3 Å². The first-order valence-corrected chi connectivity index (χ1v) is 12.6. The lowest BCUT2D eigenvalue weighted by atomic mass is 9.96. The predicted octanol–water partition coefficient (Wildman–Crippen LogP) is 3.94. The maximum absolute atomic E-state index is 12.9. The second-order valence-electron chi connectivity index (χ2n) is 9.15. The van der Waals surface area contributed by atoms with Crippen molar-refractivity contribution in [2.24, 2.45) is 5.92 Å². The Morgan fingerprint density at radius 2 is 2.03 bits per heavy atom. The summed E-state index contributed by atoms with van der Waals surface area (Å²) < 4.78 is 5.39. The lowest BCUT2D eigenvalue weighted by Gasteiger charge is -2.34. The maximum Gasteiger partial charge on any atom is 0.224 e. The second kappa shape index (κ2) is 10.8. The van der Waals surface area contributed by atoms with Crippen molar-refractivity contribution in [1.29, 1.82) is 0 Å². The van der Waals surface area contributed by atoms with Crippen LogP contribution in [0.15, 0.2) is 42.5 Å². The summed E-state index contributed by atoms with van der Waals surface area (Å²) in [4.78, 5) is 25.6. The fourth-order valence-corrected chi connectivity index (χ4v) is 5.09. The number of anilines is 1. The zero-order valence-corrected chi connectivity index (χ0v) is 20.2. The van der Waals surface area contributed by atoms with E-state index in [1.54, 1.807) is 0 Å². The molecule has 2 aliphatic heterocycles. The van der Waals surface area contributed by atoms with Crippen molar-refractivity contribution in [2.75, 3.05) is 57.4 Å². The molecule has 2 aliphatic rings. The molecule has 180 valence electrons. The molecule has 2 fully saturated rings. The Morgan fingerprint density at radius 3 is 2.88 bits per heavy atom. The van der Waals surface area contributed by atoms with Crippen LogP contribution in [0.3, 0.4) is 0 Å². The van der Waals surface area contributed by atoms with Gasteiger partial charge in [0.1, 0.15) is 5.82 Å². The molecule has 3 heterocycles. The molecule has 0 aliphatic carbocycles. The Labute approximate surface area is 205 Å². The van der Waals surface area contributed by atoms with Gasteiger partial charge in [0.05, 0.1) is 35.2 Å². The highest BCUT2D eigenvalue weighted by Crippen LogP contribution is 2.33. The molecule has 8 heteroatoms. The number of carbonyl (C=O) groups is 1. The lowest BCUT2D eigenvalue weighted by molar-refractivity contribution is -0.125. The van der Waals surface area contributed by atoms with Gasteiger partial charge in [-0.3, -0.25) is 9.69 Å². The molecule has 2 N–H and O–H groups in total. The van der Waals surface area contributed by atoms with E-state index in [0.29, 0.717) is 5.02 Å². The normalized spacial score (nSPS) is 19.4. The number of nitrogens with zero attached hydrogens (tertiary/aromatic N) is 3. The summed E-state index contributed by atoms with van der Waals surface area (Å²) in [6.45, 7) is 6.99. The third-order valence-corrected chi connectivity index (χ3v) is 7.14. The van der Waals surface area contributed by atoms with Crippen LogP contribution < -0.4 is 10.2 Å². The number of halogens is 1. The number of morpholine rings is 1. The van der Waals surface area contributed by atoms with Crippen LogP contribution in [0.25, 0.3) is 22.4 Å². The lowest BCUT2D eigenvalue weighted by Crippen LogP contribution is -2.44. The Kier molecular flexibility index (Phi) is 7.33. The largest absolute Gasteiger partial charge is 0.379 e. The summed E-state index contributed by atoms with van der Waals surface area (Å²) in [5.41, 5.74) is 3.86. The smallest absolute Gasteiger partial charge is 0.224 e. The third kappa shape index (κ3) is 5.37. The Bertz CT molecular complexity index is 1090. The zero-order chi connectivity index (χ0) is 23.3. The molecule has 1 atom stereocenters. The van der Waals surface area contributed by atoms with Crippen LogP contribution in [-0.2, 0) is 9.53 Å². The number of benzene rings is 2. The summed E-state index contributed by atoms with van der Waals surface area (Å²) in [5.74, 6) is 0.931. The van der Waals surface area contributed by atoms with E-state index >= 15 is 0 Å². The number of nitrogens with one attached hydrogen (secondary N) is 2. The van der Waals surface area contributed by atoms with Gasteiger partial charge in [0, 0.05) is 44.0 Å². The Morgan fingerprint density at radius 1 is 1.18 bits per heavy atom. The van der Waals surface area contributed by atoms with Gasteiger partial charge in [0.25, 0.3) is 0 Å². The first kappa shape index (κ1) is 23.1. The molecule has 1 aromatic heterocycles. The molecule has 0 spiro atoms. The van der Waals surface area contributed by atoms with Gasteiger partial charge in [0.2, 0.25) is 5.91 Å². The summed E-state index contributed by atoms with van der Waals surface area (Å²) in [6, 6.07) is 14.0. The van der Waals surface area contributed by atoms with E-state index in [-0.39, 0.29) is 11.8 Å². The van der Waals surface area contributed by atoms with Crippen LogP contribution in [0.2, 0.25) is 5.02 Å². The van der Waals surface area contributed by atoms with Crippen molar-refractivity contribution in [1.82, 2.24) is 20.2 Å². The standard InChI is InChI=1S/C26H32ClN5O2/c27-22-9-8-20(17-21(22)25-29-23-6-1-2-7-24(23)30-25)32-12-3-5-19(18-32)26(33)28-10-4-11-31-13-15-34-16-14-31/h1-2,6-9,17,19H,3-5,10-16,18H2,(H,28,33)(H,29,30)/t19-/m1/s1. The molecular weight excluding hydrogens is 450 g/mol. The van der Waals surface area contributed by atoms with E-state index in [0.717, 1.165) is 99.9 Å². The summed E-state index contributed by atoms with van der Waals surface area (Å²) >= 11 is 6.55. The number of imidazole rings is 1. The highest BCUT2D eigenvalue weighted by Gasteiger charge is 2.26. The molecule has 7 nitrogen and oxygen atoms in total. The number of hydrogen-bond donors (Lipinski definition) is 2. The topological polar surface area (TPSA) is 73.5 Å². The zero-order valence-electron chi connectivity index (χ0n) is 19.4. The second-order valence-corrected chi connectivity index (χ2v) is 9.56. The average molecular weight is 482 g/mol. The number of aromatic amines is 1. The van der Waals surface area contributed by atoms with Gasteiger partial charge >= 0.3 is 0 Å². The summed E-state index contributed by atoms with van der Waals surface area (Å²) in [6.07, 6.45) is 2.89. The van der Waals surface area contributed by atoms with E-state index in [2.05, 4.69) is 26.2 Å². The highest BCUT2D eigenvalue weighted by molar-refractivity contribution is 6.33. The van der Waals surface area contributed by atoms with Crippen molar-refractivity contribution in [2.45, 2.75) is 19.3 Å². The van der Waals surface area contributed by atoms with E-state index in [9.17, 15) is 4.79 Å². The number of piperidine rings is 1. The molecule has 0 saturated carbocycles. The van der Waals surface area contributed by atoms with Crippen LogP contribution >= 0.6 is 11.6 Å². The molecule has 5 rings (SSSR count). The summed E-state index contributed by atoms with van der Waals surface area (Å²) in [5, 5.41) is 3.83. The number of hydrogen-bond acceptors (Lipinski definition) is 5. The van der Waals surface area contributed by atoms with Gasteiger partial charge in [-0.2, -0.15) is 0 Å². The molecule has 2 aromatic carbocycles. The van der Waals surface area contributed by atoms with Crippen molar-refractivity contribution in [3.8, 4) is 11.4 Å². The number of H-pyrrole nitrogens is 1. The van der Waals surface area contributed by atoms with E-state index < -0.39 is 0 Å². The van der Waals surface area contributed by atoms with Gasteiger partial charge in [-0.25, -0.2) is 4.98 Å². The van der Waals surface area contributed by atoms with Crippen LogP contribution in [0, 0.1) is 5.92 Å². The minimum atomic E-state index is 0.00228. The quantitative estimate of drug-likeness (QED) is 0.500. The van der Waals surface area contributed by atoms with E-state index in [1.807, 2.05) is 36.4 Å². The highest BCUT2D eigenvalue weighted by atomic mass is 35.5. The Balaban J connectivity index is 1.20. The maximum atomic E-state index is 12.9. The number of para-hydroxylation sites is 2. The molecule has 34 heavy (non-hydrogen) atoms. The molecule has 2 saturated heterocycles. The molecule has 3 aromatic rings. The minimum absolute atomic E-state index is 0.00228.